The maximum Gasteiger partial charge on any atom is 0.278 e. The summed E-state index contributed by atoms with van der Waals surface area (Å²) in [4.78, 5) is 32.4. The fraction of sp³-hybridized carbons (Fsp3) is 0.286. The van der Waals surface area contributed by atoms with Crippen LogP contribution in [-0.4, -0.2) is 23.6 Å². The van der Waals surface area contributed by atoms with Crippen LogP contribution in [0.5, 0.6) is 0 Å². The number of rotatable bonds is 5. The van der Waals surface area contributed by atoms with Crippen LogP contribution in [-0.2, 0) is 20.8 Å². The molecule has 1 saturated heterocycles. The number of amides is 2. The Morgan fingerprint density at radius 3 is 2.52 bits per heavy atom. The van der Waals surface area contributed by atoms with Crippen molar-refractivity contribution in [2.45, 2.75) is 32.3 Å². The van der Waals surface area contributed by atoms with Gasteiger partial charge < -0.3 is 4.84 Å². The molecule has 2 amide bonds. The maximum absolute atomic E-state index is 13.1. The van der Waals surface area contributed by atoms with Crippen molar-refractivity contribution in [2.75, 3.05) is 4.90 Å². The fourth-order valence-corrected chi connectivity index (χ4v) is 3.75. The molecule has 2 aromatic carbocycles. The van der Waals surface area contributed by atoms with Crippen LogP contribution >= 0.6 is 11.6 Å². The zero-order valence-electron chi connectivity index (χ0n) is 14.9. The monoisotopic (exact) mass is 382 g/mol. The minimum Gasteiger partial charge on any atom is -0.381 e. The molecule has 1 fully saturated rings. The van der Waals surface area contributed by atoms with Crippen LogP contribution in [0.1, 0.15) is 30.9 Å². The summed E-state index contributed by atoms with van der Waals surface area (Å²) in [6.07, 6.45) is 2.28. The first-order valence-electron chi connectivity index (χ1n) is 9.07. The summed E-state index contributed by atoms with van der Waals surface area (Å²) in [7, 11) is 0. The van der Waals surface area contributed by atoms with Gasteiger partial charge in [0, 0.05) is 10.6 Å². The lowest BCUT2D eigenvalue weighted by Gasteiger charge is -2.16. The molecule has 0 N–H and O–H groups in total. The van der Waals surface area contributed by atoms with Gasteiger partial charge in [-0.3, -0.25) is 9.59 Å². The Balaban J connectivity index is 1.61. The number of carbonyl (C=O) groups excluding carboxylic acids is 2. The molecule has 5 nitrogen and oxygen atoms in total. The highest BCUT2D eigenvalue weighted by molar-refractivity contribution is 6.38. The predicted octanol–water partition coefficient (Wildman–Crippen LogP) is 3.98. The maximum atomic E-state index is 13.1. The standard InChI is InChI=1S/C21H19ClN2O3/c1-2-3-6-13-9-11-14(12-10-13)24-20(25)17-18(23-27-19(17)21(24)26)15-7-4-5-8-16(15)22/h4-5,7-12,17,19H,2-3,6H2,1H3/t17-,19+/m0/s1. The molecule has 2 heterocycles. The number of benzene rings is 2. The molecule has 0 aromatic heterocycles. The van der Waals surface area contributed by atoms with E-state index in [1.807, 2.05) is 30.3 Å². The highest BCUT2D eigenvalue weighted by atomic mass is 35.5. The summed E-state index contributed by atoms with van der Waals surface area (Å²) in [5.74, 6) is -1.49. The van der Waals surface area contributed by atoms with Gasteiger partial charge in [0.25, 0.3) is 5.91 Å². The number of fused-ring (bicyclic) bond motifs is 1. The lowest BCUT2D eigenvalue weighted by Crippen LogP contribution is -2.33. The van der Waals surface area contributed by atoms with Crippen LogP contribution < -0.4 is 4.90 Å². The fourth-order valence-electron chi connectivity index (χ4n) is 3.52. The van der Waals surface area contributed by atoms with Gasteiger partial charge in [-0.1, -0.05) is 60.4 Å². The molecule has 2 aromatic rings. The number of halogens is 1. The first-order valence-corrected chi connectivity index (χ1v) is 9.45. The number of unbranched alkanes of at least 4 members (excludes halogenated alkanes) is 1. The molecule has 2 aliphatic rings. The lowest BCUT2D eigenvalue weighted by atomic mass is 9.94. The Hall–Kier alpha value is -2.66. The van der Waals surface area contributed by atoms with Crippen LogP contribution in [0, 0.1) is 5.92 Å². The van der Waals surface area contributed by atoms with E-state index in [0.717, 1.165) is 19.3 Å². The SMILES string of the molecule is CCCCc1ccc(N2C(=O)[C@H]3C(c4ccccc4Cl)=NO[C@H]3C2=O)cc1. The second kappa shape index (κ2) is 7.16. The second-order valence-corrected chi connectivity index (χ2v) is 7.15. The van der Waals surface area contributed by atoms with Gasteiger partial charge in [0.15, 0.2) is 0 Å². The summed E-state index contributed by atoms with van der Waals surface area (Å²) in [6, 6.07) is 14.7. The molecule has 2 atom stereocenters. The third-order valence-corrected chi connectivity index (χ3v) is 5.31. The molecule has 0 radical (unpaired) electrons. The minimum absolute atomic E-state index is 0.331. The molecule has 2 aliphatic heterocycles. The van der Waals surface area contributed by atoms with Crippen molar-refractivity contribution in [3.05, 3.63) is 64.7 Å². The Labute approximate surface area is 162 Å². The highest BCUT2D eigenvalue weighted by Crippen LogP contribution is 2.36. The Kier molecular flexibility index (Phi) is 4.70. The zero-order chi connectivity index (χ0) is 19.0. The predicted molar refractivity (Wildman–Crippen MR) is 104 cm³/mol. The van der Waals surface area contributed by atoms with Gasteiger partial charge in [-0.05, 0) is 36.6 Å². The van der Waals surface area contributed by atoms with Crippen LogP contribution in [0.2, 0.25) is 5.02 Å². The summed E-state index contributed by atoms with van der Waals surface area (Å²) in [6.45, 7) is 2.15. The molecule has 4 rings (SSSR count). The van der Waals surface area contributed by atoms with Crippen molar-refractivity contribution in [3.63, 3.8) is 0 Å². The highest BCUT2D eigenvalue weighted by Gasteiger charge is 2.56. The van der Waals surface area contributed by atoms with E-state index in [1.165, 1.54) is 10.5 Å². The molecule has 27 heavy (non-hydrogen) atoms. The molecule has 6 heteroatoms. The number of anilines is 1. The van der Waals surface area contributed by atoms with Crippen molar-refractivity contribution in [1.29, 1.82) is 0 Å². The number of hydrogen-bond acceptors (Lipinski definition) is 4. The zero-order valence-corrected chi connectivity index (χ0v) is 15.6. The summed E-state index contributed by atoms with van der Waals surface area (Å²) in [5, 5.41) is 4.46. The van der Waals surface area contributed by atoms with E-state index in [9.17, 15) is 9.59 Å². The van der Waals surface area contributed by atoms with Gasteiger partial charge in [0.2, 0.25) is 12.0 Å². The molecular weight excluding hydrogens is 364 g/mol. The number of aryl methyl sites for hydroxylation is 1. The van der Waals surface area contributed by atoms with E-state index in [4.69, 9.17) is 16.4 Å². The molecule has 0 aliphatic carbocycles. The molecule has 0 unspecified atom stereocenters. The van der Waals surface area contributed by atoms with E-state index >= 15 is 0 Å². The first-order chi connectivity index (χ1) is 13.1. The third-order valence-electron chi connectivity index (χ3n) is 4.98. The molecular formula is C21H19ClN2O3. The van der Waals surface area contributed by atoms with Gasteiger partial charge >= 0.3 is 0 Å². The largest absolute Gasteiger partial charge is 0.381 e. The van der Waals surface area contributed by atoms with Crippen LogP contribution in [0.15, 0.2) is 53.7 Å². The van der Waals surface area contributed by atoms with Crippen LogP contribution in [0.4, 0.5) is 5.69 Å². The lowest BCUT2D eigenvalue weighted by molar-refractivity contribution is -0.126. The van der Waals surface area contributed by atoms with Gasteiger partial charge in [-0.25, -0.2) is 4.90 Å². The van der Waals surface area contributed by atoms with Crippen molar-refractivity contribution < 1.29 is 14.4 Å². The van der Waals surface area contributed by atoms with Gasteiger partial charge in [0.05, 0.1) is 5.69 Å². The summed E-state index contributed by atoms with van der Waals surface area (Å²) < 4.78 is 0. The molecule has 0 spiro atoms. The van der Waals surface area contributed by atoms with Gasteiger partial charge in [0.1, 0.15) is 11.6 Å². The third kappa shape index (κ3) is 3.02. The smallest absolute Gasteiger partial charge is 0.278 e. The Morgan fingerprint density at radius 2 is 1.81 bits per heavy atom. The number of nitrogens with zero attached hydrogens (tertiary/aromatic N) is 2. The first kappa shape index (κ1) is 17.7. The van der Waals surface area contributed by atoms with E-state index in [0.29, 0.717) is 22.0 Å². The summed E-state index contributed by atoms with van der Waals surface area (Å²) >= 11 is 6.25. The van der Waals surface area contributed by atoms with Crippen LogP contribution in [0.25, 0.3) is 0 Å². The quantitative estimate of drug-likeness (QED) is 0.735. The molecule has 0 bridgehead atoms. The average Bonchev–Trinajstić information content (AvgIpc) is 3.21. The van der Waals surface area contributed by atoms with Crippen molar-refractivity contribution in [2.24, 2.45) is 11.1 Å². The second-order valence-electron chi connectivity index (χ2n) is 6.74. The molecule has 0 saturated carbocycles. The van der Waals surface area contributed by atoms with E-state index in [-0.39, 0.29) is 5.91 Å². The number of hydrogen-bond donors (Lipinski definition) is 0. The number of oxime groups is 1. The normalized spacial score (nSPS) is 21.3. The number of carbonyl (C=O) groups is 2. The minimum atomic E-state index is -0.927. The topological polar surface area (TPSA) is 59.0 Å². The van der Waals surface area contributed by atoms with Crippen molar-refractivity contribution in [1.82, 2.24) is 0 Å². The Morgan fingerprint density at radius 1 is 1.07 bits per heavy atom. The number of imide groups is 1. The van der Waals surface area contributed by atoms with Gasteiger partial charge in [-0.2, -0.15) is 0 Å². The van der Waals surface area contributed by atoms with E-state index in [1.54, 1.807) is 18.2 Å². The Bertz CT molecular complexity index is 923. The van der Waals surface area contributed by atoms with Crippen molar-refractivity contribution >= 4 is 34.8 Å². The van der Waals surface area contributed by atoms with Crippen molar-refractivity contribution in [3.8, 4) is 0 Å². The summed E-state index contributed by atoms with van der Waals surface area (Å²) in [5.41, 5.74) is 2.77. The van der Waals surface area contributed by atoms with Crippen LogP contribution in [0.3, 0.4) is 0 Å². The van der Waals surface area contributed by atoms with E-state index in [2.05, 4.69) is 12.1 Å². The molecule has 138 valence electrons. The van der Waals surface area contributed by atoms with E-state index < -0.39 is 17.9 Å². The van der Waals surface area contributed by atoms with Gasteiger partial charge in [-0.15, -0.1) is 0 Å². The average molecular weight is 383 g/mol.